The molecule has 1 aromatic heterocycles. The molecule has 0 radical (unpaired) electrons. The molecule has 1 aliphatic heterocycles. The molecule has 3 N–H and O–H groups in total. The number of piperazine rings is 1. The first-order valence-corrected chi connectivity index (χ1v) is 11.0. The van der Waals surface area contributed by atoms with E-state index in [1.165, 1.54) is 10.5 Å². The number of aromatic nitrogens is 1. The highest BCUT2D eigenvalue weighted by Gasteiger charge is 2.33. The zero-order valence-electron chi connectivity index (χ0n) is 18.9. The Bertz CT molecular complexity index is 1070. The number of benzene rings is 2. The Morgan fingerprint density at radius 3 is 2.45 bits per heavy atom. The standard InChI is InChI=1S/C25H31N3O3/c1-17-24(20-7-5-6-8-21(20)26-17)25(29)18(2)28-13-11-27(12-14-28)16-19-9-10-22(30-3)23(15-19)31-4/h5-10,15,18,26H,11-14,16H2,1-4H3/p+2/t18-/m0/s1. The van der Waals surface area contributed by atoms with Gasteiger partial charge in [-0.05, 0) is 38.1 Å². The van der Waals surface area contributed by atoms with Gasteiger partial charge in [-0.15, -0.1) is 0 Å². The summed E-state index contributed by atoms with van der Waals surface area (Å²) in [6, 6.07) is 14.2. The number of rotatable bonds is 7. The number of Topliss-reactive ketones (excluding diaryl/α,β-unsaturated/α-hetero) is 1. The maximum absolute atomic E-state index is 13.4. The van der Waals surface area contributed by atoms with E-state index in [4.69, 9.17) is 9.47 Å². The van der Waals surface area contributed by atoms with Crippen LogP contribution >= 0.6 is 0 Å². The number of quaternary nitrogens is 2. The van der Waals surface area contributed by atoms with Crippen LogP contribution in [0, 0.1) is 6.92 Å². The van der Waals surface area contributed by atoms with E-state index in [0.29, 0.717) is 0 Å². The summed E-state index contributed by atoms with van der Waals surface area (Å²) in [5, 5.41) is 1.04. The van der Waals surface area contributed by atoms with E-state index in [9.17, 15) is 4.79 Å². The van der Waals surface area contributed by atoms with Crippen LogP contribution in [-0.4, -0.2) is 57.2 Å². The summed E-state index contributed by atoms with van der Waals surface area (Å²) in [5.74, 6) is 1.78. The first-order valence-electron chi connectivity index (χ1n) is 11.0. The molecule has 3 aromatic rings. The van der Waals surface area contributed by atoms with Gasteiger partial charge in [0.2, 0.25) is 5.78 Å². The monoisotopic (exact) mass is 423 g/mol. The number of nitrogens with one attached hydrogen (secondary N) is 3. The molecule has 6 heteroatoms. The fourth-order valence-electron chi connectivity index (χ4n) is 4.81. The van der Waals surface area contributed by atoms with E-state index in [1.54, 1.807) is 19.1 Å². The second-order valence-electron chi connectivity index (χ2n) is 8.53. The van der Waals surface area contributed by atoms with Crippen LogP contribution in [0.5, 0.6) is 11.5 Å². The highest BCUT2D eigenvalue weighted by Crippen LogP contribution is 2.27. The molecule has 4 rings (SSSR count). The number of para-hydroxylation sites is 1. The maximum Gasteiger partial charge on any atom is 0.222 e. The number of carbonyl (C=O) groups excluding carboxylic acids is 1. The molecule has 0 saturated carbocycles. The van der Waals surface area contributed by atoms with E-state index in [2.05, 4.69) is 24.0 Å². The van der Waals surface area contributed by atoms with E-state index < -0.39 is 0 Å². The van der Waals surface area contributed by atoms with Crippen molar-refractivity contribution in [2.24, 2.45) is 0 Å². The first kappa shape index (κ1) is 21.4. The van der Waals surface area contributed by atoms with Crippen molar-refractivity contribution < 1.29 is 24.1 Å². The molecule has 1 saturated heterocycles. The maximum atomic E-state index is 13.4. The van der Waals surface area contributed by atoms with Gasteiger partial charge in [0.05, 0.1) is 19.8 Å². The Hall–Kier alpha value is -2.83. The van der Waals surface area contributed by atoms with Crippen LogP contribution < -0.4 is 19.3 Å². The Morgan fingerprint density at radius 2 is 1.74 bits per heavy atom. The minimum Gasteiger partial charge on any atom is -0.493 e. The molecular formula is C25H33N3O3+2. The summed E-state index contributed by atoms with van der Waals surface area (Å²) >= 11 is 0. The van der Waals surface area contributed by atoms with Crippen LogP contribution in [0.2, 0.25) is 0 Å². The van der Waals surface area contributed by atoms with E-state index in [1.807, 2.05) is 37.3 Å². The molecule has 0 bridgehead atoms. The molecule has 0 unspecified atom stereocenters. The third kappa shape index (κ3) is 4.31. The first-order chi connectivity index (χ1) is 15.0. The quantitative estimate of drug-likeness (QED) is 0.498. The van der Waals surface area contributed by atoms with Gasteiger partial charge in [0.25, 0.3) is 0 Å². The number of fused-ring (bicyclic) bond motifs is 1. The second kappa shape index (κ2) is 9.12. The predicted octanol–water partition coefficient (Wildman–Crippen LogP) is 1.05. The summed E-state index contributed by atoms with van der Waals surface area (Å²) in [6.45, 7) is 9.13. The number of aryl methyl sites for hydroxylation is 1. The van der Waals surface area contributed by atoms with Crippen molar-refractivity contribution in [3.63, 3.8) is 0 Å². The van der Waals surface area contributed by atoms with Gasteiger partial charge < -0.3 is 24.3 Å². The lowest BCUT2D eigenvalue weighted by Crippen LogP contribution is -3.29. The third-order valence-electron chi connectivity index (χ3n) is 6.65. The number of ketones is 1. The minimum absolute atomic E-state index is 0.0412. The van der Waals surface area contributed by atoms with Gasteiger partial charge in [0.15, 0.2) is 11.5 Å². The summed E-state index contributed by atoms with van der Waals surface area (Å²) < 4.78 is 10.8. The van der Waals surface area contributed by atoms with Gasteiger partial charge in [0.1, 0.15) is 38.8 Å². The Kier molecular flexibility index (Phi) is 6.30. The smallest absolute Gasteiger partial charge is 0.222 e. The van der Waals surface area contributed by atoms with Crippen LogP contribution in [0.15, 0.2) is 42.5 Å². The van der Waals surface area contributed by atoms with Crippen molar-refractivity contribution in [3.8, 4) is 11.5 Å². The van der Waals surface area contributed by atoms with Gasteiger partial charge >= 0.3 is 0 Å². The van der Waals surface area contributed by atoms with Crippen molar-refractivity contribution in [1.82, 2.24) is 4.98 Å². The fourth-order valence-corrected chi connectivity index (χ4v) is 4.81. The molecular weight excluding hydrogens is 390 g/mol. The lowest BCUT2D eigenvalue weighted by Gasteiger charge is -2.32. The predicted molar refractivity (Wildman–Crippen MR) is 121 cm³/mol. The normalized spacial score (nSPS) is 19.9. The number of H-pyrrole nitrogens is 1. The summed E-state index contributed by atoms with van der Waals surface area (Å²) in [7, 11) is 3.33. The zero-order chi connectivity index (χ0) is 22.0. The SMILES string of the molecule is COc1ccc(C[NH+]2CC[NH+]([C@@H](C)C(=O)c3c(C)[nH]c4ccccc34)CC2)cc1OC. The van der Waals surface area contributed by atoms with Crippen molar-refractivity contribution in [2.75, 3.05) is 40.4 Å². The molecule has 1 fully saturated rings. The van der Waals surface area contributed by atoms with Gasteiger partial charge in [-0.3, -0.25) is 4.79 Å². The lowest BCUT2D eigenvalue weighted by atomic mass is 10.0. The number of hydrogen-bond acceptors (Lipinski definition) is 3. The summed E-state index contributed by atoms with van der Waals surface area (Å²) in [4.78, 5) is 19.7. The number of carbonyl (C=O) groups is 1. The topological polar surface area (TPSA) is 60.2 Å². The van der Waals surface area contributed by atoms with Crippen molar-refractivity contribution in [2.45, 2.75) is 26.4 Å². The highest BCUT2D eigenvalue weighted by atomic mass is 16.5. The van der Waals surface area contributed by atoms with Gasteiger partial charge in [-0.2, -0.15) is 0 Å². The zero-order valence-corrected chi connectivity index (χ0v) is 18.9. The molecule has 164 valence electrons. The van der Waals surface area contributed by atoms with E-state index in [-0.39, 0.29) is 11.8 Å². The summed E-state index contributed by atoms with van der Waals surface area (Å²) in [5.41, 5.74) is 4.11. The number of hydrogen-bond donors (Lipinski definition) is 3. The highest BCUT2D eigenvalue weighted by molar-refractivity contribution is 6.10. The van der Waals surface area contributed by atoms with Crippen molar-refractivity contribution >= 4 is 16.7 Å². The molecule has 0 amide bonds. The van der Waals surface area contributed by atoms with Crippen LogP contribution in [0.4, 0.5) is 0 Å². The van der Waals surface area contributed by atoms with E-state index in [0.717, 1.165) is 66.4 Å². The molecule has 2 aromatic carbocycles. The molecule has 1 atom stereocenters. The van der Waals surface area contributed by atoms with Crippen LogP contribution in [0.25, 0.3) is 10.9 Å². The minimum atomic E-state index is -0.0412. The Morgan fingerprint density at radius 1 is 1.03 bits per heavy atom. The second-order valence-corrected chi connectivity index (χ2v) is 8.53. The van der Waals surface area contributed by atoms with Crippen LogP contribution in [-0.2, 0) is 6.54 Å². The molecule has 6 nitrogen and oxygen atoms in total. The summed E-state index contributed by atoms with van der Waals surface area (Å²) in [6.07, 6.45) is 0. The average molecular weight is 424 g/mol. The molecule has 2 heterocycles. The number of aromatic amines is 1. The molecule has 1 aliphatic rings. The van der Waals surface area contributed by atoms with Crippen molar-refractivity contribution in [3.05, 3.63) is 59.3 Å². The third-order valence-corrected chi connectivity index (χ3v) is 6.65. The van der Waals surface area contributed by atoms with Gasteiger partial charge in [0, 0.05) is 22.2 Å². The fraction of sp³-hybridized carbons (Fsp3) is 0.400. The van der Waals surface area contributed by atoms with Crippen LogP contribution in [0.1, 0.15) is 28.5 Å². The Balaban J connectivity index is 1.39. The van der Waals surface area contributed by atoms with Crippen molar-refractivity contribution in [1.29, 1.82) is 0 Å². The molecule has 31 heavy (non-hydrogen) atoms. The molecule has 0 spiro atoms. The lowest BCUT2D eigenvalue weighted by molar-refractivity contribution is -1.02. The van der Waals surface area contributed by atoms with Gasteiger partial charge in [-0.25, -0.2) is 0 Å². The van der Waals surface area contributed by atoms with Crippen LogP contribution in [0.3, 0.4) is 0 Å². The number of methoxy groups -OCH3 is 2. The van der Waals surface area contributed by atoms with Gasteiger partial charge in [-0.1, -0.05) is 18.2 Å². The Labute approximate surface area is 183 Å². The average Bonchev–Trinajstić information content (AvgIpc) is 3.14. The van der Waals surface area contributed by atoms with E-state index >= 15 is 0 Å². The largest absolute Gasteiger partial charge is 0.493 e. The number of ether oxygens (including phenoxy) is 2. The molecule has 0 aliphatic carbocycles.